The van der Waals surface area contributed by atoms with Crippen molar-refractivity contribution in [3.63, 3.8) is 0 Å². The van der Waals surface area contributed by atoms with E-state index in [9.17, 15) is 13.2 Å². The van der Waals surface area contributed by atoms with Crippen LogP contribution in [0.25, 0.3) is 0 Å². The Bertz CT molecular complexity index is 924. The van der Waals surface area contributed by atoms with E-state index < -0.39 is 10.1 Å². The Balaban J connectivity index is 0.000000255. The molecule has 0 bridgehead atoms. The molecule has 4 nitrogen and oxygen atoms in total. The van der Waals surface area contributed by atoms with Crippen molar-refractivity contribution in [1.82, 2.24) is 0 Å². The van der Waals surface area contributed by atoms with Gasteiger partial charge in [-0.2, -0.15) is 8.42 Å². The standard InChI is InChI=1S/C15H16.C8H8O.CH4O3S/c1-12-3-7-14(8-4-12)11-15-9-5-13(2)6-10-15;1-7(9)8-5-3-2-4-6-8;1-5(2,3)4/h3-10H,11H2,1-2H3;2-6H,1H3;1H3,(H,2,3,4). The van der Waals surface area contributed by atoms with Crippen molar-refractivity contribution in [2.24, 2.45) is 0 Å². The highest BCUT2D eigenvalue weighted by Crippen LogP contribution is 2.11. The number of ketones is 1. The van der Waals surface area contributed by atoms with Crippen molar-refractivity contribution in [1.29, 1.82) is 0 Å². The van der Waals surface area contributed by atoms with Gasteiger partial charge in [0.05, 0.1) is 6.26 Å². The molecule has 0 heterocycles. The minimum atomic E-state index is -3.67. The lowest BCUT2D eigenvalue weighted by Crippen LogP contribution is -1.88. The van der Waals surface area contributed by atoms with Crippen LogP contribution in [-0.2, 0) is 16.5 Å². The average Bonchev–Trinajstić information content (AvgIpc) is 2.65. The second-order valence-corrected chi connectivity index (χ2v) is 8.27. The summed E-state index contributed by atoms with van der Waals surface area (Å²) in [7, 11) is -3.67. The Morgan fingerprint density at radius 2 is 1.10 bits per heavy atom. The van der Waals surface area contributed by atoms with Crippen LogP contribution in [0.2, 0.25) is 0 Å². The molecule has 3 aromatic rings. The van der Waals surface area contributed by atoms with Gasteiger partial charge in [-0.25, -0.2) is 0 Å². The Kier molecular flexibility index (Phi) is 10.00. The summed E-state index contributed by atoms with van der Waals surface area (Å²) >= 11 is 0. The molecule has 5 heteroatoms. The van der Waals surface area contributed by atoms with Crippen LogP contribution in [0.3, 0.4) is 0 Å². The van der Waals surface area contributed by atoms with E-state index in [-0.39, 0.29) is 5.78 Å². The number of rotatable bonds is 3. The fourth-order valence-corrected chi connectivity index (χ4v) is 2.32. The van der Waals surface area contributed by atoms with Gasteiger partial charge in [-0.1, -0.05) is 90.0 Å². The molecule has 1 N–H and O–H groups in total. The van der Waals surface area contributed by atoms with Gasteiger partial charge >= 0.3 is 0 Å². The molecular formula is C24H28O4S. The molecule has 0 amide bonds. The molecule has 0 aliphatic rings. The fraction of sp³-hybridized carbons (Fsp3) is 0.208. The summed E-state index contributed by atoms with van der Waals surface area (Å²) < 4.78 is 25.9. The molecule has 154 valence electrons. The number of carbonyl (C=O) groups is 1. The van der Waals surface area contributed by atoms with Gasteiger partial charge in [-0.05, 0) is 38.3 Å². The molecule has 0 saturated carbocycles. The highest BCUT2D eigenvalue weighted by molar-refractivity contribution is 7.85. The van der Waals surface area contributed by atoms with Gasteiger partial charge in [0.1, 0.15) is 0 Å². The van der Waals surface area contributed by atoms with E-state index in [4.69, 9.17) is 4.55 Å². The quantitative estimate of drug-likeness (QED) is 0.469. The smallest absolute Gasteiger partial charge is 0.261 e. The maximum atomic E-state index is 10.6. The van der Waals surface area contributed by atoms with Gasteiger partial charge in [0, 0.05) is 5.56 Å². The summed E-state index contributed by atoms with van der Waals surface area (Å²) in [6.07, 6.45) is 1.74. The Morgan fingerprint density at radius 3 is 1.38 bits per heavy atom. The molecule has 0 saturated heterocycles. The third kappa shape index (κ3) is 12.3. The maximum absolute atomic E-state index is 10.6. The lowest BCUT2D eigenvalue weighted by atomic mass is 10.0. The van der Waals surface area contributed by atoms with E-state index in [0.29, 0.717) is 6.26 Å². The Morgan fingerprint density at radius 1 is 0.759 bits per heavy atom. The zero-order chi connectivity index (χ0) is 21.9. The van der Waals surface area contributed by atoms with Crippen LogP contribution in [0.4, 0.5) is 0 Å². The van der Waals surface area contributed by atoms with Crippen LogP contribution >= 0.6 is 0 Å². The first-order valence-electron chi connectivity index (χ1n) is 9.14. The SMILES string of the molecule is CC(=O)c1ccccc1.CS(=O)(=O)O.Cc1ccc(Cc2ccc(C)cc2)cc1. The number of aryl methyl sites for hydroxylation is 2. The minimum absolute atomic E-state index is 0.121. The summed E-state index contributed by atoms with van der Waals surface area (Å²) in [6, 6.07) is 26.7. The highest BCUT2D eigenvalue weighted by atomic mass is 32.2. The Labute approximate surface area is 174 Å². The number of hydrogen-bond donors (Lipinski definition) is 1. The molecule has 0 fully saturated rings. The van der Waals surface area contributed by atoms with Crippen molar-refractivity contribution < 1.29 is 17.8 Å². The van der Waals surface area contributed by atoms with Crippen molar-refractivity contribution in [3.05, 3.63) is 107 Å². The summed E-state index contributed by atoms with van der Waals surface area (Å²) in [5.74, 6) is 0.121. The summed E-state index contributed by atoms with van der Waals surface area (Å²) in [6.45, 7) is 5.81. The summed E-state index contributed by atoms with van der Waals surface area (Å²) in [5, 5.41) is 0. The summed E-state index contributed by atoms with van der Waals surface area (Å²) in [5.41, 5.74) is 6.18. The topological polar surface area (TPSA) is 71.4 Å². The molecule has 0 radical (unpaired) electrons. The van der Waals surface area contributed by atoms with E-state index in [1.165, 1.54) is 22.3 Å². The van der Waals surface area contributed by atoms with Gasteiger partial charge in [0.25, 0.3) is 10.1 Å². The van der Waals surface area contributed by atoms with Crippen molar-refractivity contribution >= 4 is 15.9 Å². The highest BCUT2D eigenvalue weighted by Gasteiger charge is 1.95. The lowest BCUT2D eigenvalue weighted by molar-refractivity contribution is 0.101. The normalized spacial score (nSPS) is 10.1. The number of hydrogen-bond acceptors (Lipinski definition) is 3. The van der Waals surface area contributed by atoms with E-state index >= 15 is 0 Å². The minimum Gasteiger partial charge on any atom is -0.295 e. The van der Waals surface area contributed by atoms with Crippen LogP contribution in [-0.4, -0.2) is 25.0 Å². The molecule has 0 aromatic heterocycles. The zero-order valence-electron chi connectivity index (χ0n) is 17.3. The second-order valence-electron chi connectivity index (χ2n) is 6.80. The predicted octanol–water partition coefficient (Wildman–Crippen LogP) is 5.29. The van der Waals surface area contributed by atoms with Crippen LogP contribution in [0, 0.1) is 13.8 Å². The van der Waals surface area contributed by atoms with Gasteiger partial charge in [0.15, 0.2) is 5.78 Å². The van der Waals surface area contributed by atoms with Crippen molar-refractivity contribution in [3.8, 4) is 0 Å². The van der Waals surface area contributed by atoms with E-state index in [0.717, 1.165) is 12.0 Å². The number of Topliss-reactive ketones (excluding diaryl/α,β-unsaturated/α-hetero) is 1. The van der Waals surface area contributed by atoms with Crippen LogP contribution < -0.4 is 0 Å². The van der Waals surface area contributed by atoms with Crippen molar-refractivity contribution in [2.75, 3.05) is 6.26 Å². The monoisotopic (exact) mass is 412 g/mol. The van der Waals surface area contributed by atoms with Crippen LogP contribution in [0.5, 0.6) is 0 Å². The zero-order valence-corrected chi connectivity index (χ0v) is 18.1. The lowest BCUT2D eigenvalue weighted by Gasteiger charge is -2.03. The molecule has 3 rings (SSSR count). The number of benzene rings is 3. The first kappa shape index (κ1) is 24.3. The van der Waals surface area contributed by atoms with Gasteiger partial charge in [-0.3, -0.25) is 9.35 Å². The second kappa shape index (κ2) is 11.9. The molecule has 0 aliphatic heterocycles. The van der Waals surface area contributed by atoms with Gasteiger partial charge in [0.2, 0.25) is 0 Å². The molecule has 29 heavy (non-hydrogen) atoms. The first-order valence-corrected chi connectivity index (χ1v) is 11.0. The van der Waals surface area contributed by atoms with E-state index in [2.05, 4.69) is 62.4 Å². The fourth-order valence-electron chi connectivity index (χ4n) is 2.32. The summed E-state index contributed by atoms with van der Waals surface area (Å²) in [4.78, 5) is 10.6. The predicted molar refractivity (Wildman–Crippen MR) is 119 cm³/mol. The molecule has 0 aliphatic carbocycles. The molecule has 0 atom stereocenters. The van der Waals surface area contributed by atoms with E-state index in [1.54, 1.807) is 6.92 Å². The van der Waals surface area contributed by atoms with Crippen molar-refractivity contribution in [2.45, 2.75) is 27.2 Å². The third-order valence-corrected chi connectivity index (χ3v) is 3.83. The van der Waals surface area contributed by atoms with Gasteiger partial charge < -0.3 is 0 Å². The first-order chi connectivity index (χ1) is 13.5. The number of carbonyl (C=O) groups excluding carboxylic acids is 1. The van der Waals surface area contributed by atoms with Crippen LogP contribution in [0.15, 0.2) is 78.9 Å². The molecule has 0 unspecified atom stereocenters. The van der Waals surface area contributed by atoms with Gasteiger partial charge in [-0.15, -0.1) is 0 Å². The van der Waals surface area contributed by atoms with Crippen LogP contribution in [0.1, 0.15) is 39.5 Å². The Hall–Kier alpha value is -2.76. The molecule has 0 spiro atoms. The maximum Gasteiger partial charge on any atom is 0.261 e. The molecular weight excluding hydrogens is 384 g/mol. The van der Waals surface area contributed by atoms with E-state index in [1.807, 2.05) is 30.3 Å². The third-order valence-electron chi connectivity index (χ3n) is 3.83. The average molecular weight is 413 g/mol. The largest absolute Gasteiger partial charge is 0.295 e. The molecule has 3 aromatic carbocycles.